The highest BCUT2D eigenvalue weighted by Crippen LogP contribution is 1.98. The largest absolute Gasteiger partial charge is 0.466 e. The van der Waals surface area contributed by atoms with Crippen LogP contribution in [0.15, 0.2) is 0 Å². The first-order chi connectivity index (χ1) is 5.92. The predicted octanol–water partition coefficient (Wildman–Crippen LogP) is -0.0454. The maximum atomic E-state index is 10.2. The molecule has 0 amide bonds. The summed E-state index contributed by atoms with van der Waals surface area (Å²) in [5.74, 6) is -0.229. The van der Waals surface area contributed by atoms with Crippen LogP contribution in [-0.2, 0) is 14.9 Å². The highest BCUT2D eigenvalue weighted by Gasteiger charge is 2.02. The second-order valence-corrected chi connectivity index (χ2v) is 4.13. The smallest absolute Gasteiger partial charge is 0.278 e. The Morgan fingerprint density at radius 2 is 2.00 bits per heavy atom. The lowest BCUT2D eigenvalue weighted by atomic mass is 10.3. The fraction of sp³-hybridized carbons (Fsp3) is 0.833. The summed E-state index contributed by atoms with van der Waals surface area (Å²) in [4.78, 5) is 0. The van der Waals surface area contributed by atoms with Crippen molar-refractivity contribution in [2.75, 3.05) is 12.4 Å². The summed E-state index contributed by atoms with van der Waals surface area (Å²) in [6, 6.07) is -0.338. The zero-order valence-electron chi connectivity index (χ0n) is 7.19. The molecule has 0 aromatic heterocycles. The molecule has 0 atom stereocenters. The first kappa shape index (κ1) is 12.2. The maximum Gasteiger partial charge on any atom is 0.278 e. The van der Waals surface area contributed by atoms with Gasteiger partial charge in [-0.25, -0.2) is 0 Å². The Labute approximate surface area is 77.3 Å². The van der Waals surface area contributed by atoms with Gasteiger partial charge in [-0.05, 0) is 19.3 Å². The molecule has 0 aliphatic heterocycles. The van der Waals surface area contributed by atoms with Crippen molar-refractivity contribution in [2.45, 2.75) is 19.3 Å². The SMILES string of the molecule is N=C(N)OCCCCCS(=O)(=O)O. The van der Waals surface area contributed by atoms with Crippen molar-refractivity contribution in [3.05, 3.63) is 0 Å². The van der Waals surface area contributed by atoms with Gasteiger partial charge in [-0.1, -0.05) is 0 Å². The lowest BCUT2D eigenvalue weighted by molar-refractivity contribution is 0.286. The molecule has 0 unspecified atom stereocenters. The Morgan fingerprint density at radius 1 is 1.38 bits per heavy atom. The molecule has 0 fully saturated rings. The highest BCUT2D eigenvalue weighted by molar-refractivity contribution is 7.85. The summed E-state index contributed by atoms with van der Waals surface area (Å²) in [6.07, 6.45) is 1.63. The first-order valence-corrected chi connectivity index (χ1v) is 5.45. The molecule has 0 bridgehead atoms. The van der Waals surface area contributed by atoms with Gasteiger partial charge in [0.2, 0.25) is 0 Å². The minimum Gasteiger partial charge on any atom is -0.466 e. The van der Waals surface area contributed by atoms with Crippen molar-refractivity contribution in [1.29, 1.82) is 5.41 Å². The van der Waals surface area contributed by atoms with Crippen LogP contribution in [0.3, 0.4) is 0 Å². The van der Waals surface area contributed by atoms with E-state index in [2.05, 4.69) is 4.74 Å². The van der Waals surface area contributed by atoms with Gasteiger partial charge in [0.05, 0.1) is 12.4 Å². The minimum absolute atomic E-state index is 0.229. The third-order valence-electron chi connectivity index (χ3n) is 1.30. The van der Waals surface area contributed by atoms with Gasteiger partial charge in [0.25, 0.3) is 16.1 Å². The van der Waals surface area contributed by atoms with E-state index >= 15 is 0 Å². The molecule has 0 saturated carbocycles. The van der Waals surface area contributed by atoms with Crippen LogP contribution >= 0.6 is 0 Å². The van der Waals surface area contributed by atoms with Crippen LogP contribution in [0, 0.1) is 5.41 Å². The third-order valence-corrected chi connectivity index (χ3v) is 2.11. The van der Waals surface area contributed by atoms with Crippen molar-refractivity contribution in [3.63, 3.8) is 0 Å². The van der Waals surface area contributed by atoms with Crippen LogP contribution in [0.5, 0.6) is 0 Å². The normalized spacial score (nSPS) is 11.2. The molecule has 0 aromatic carbocycles. The Bertz CT molecular complexity index is 249. The second kappa shape index (κ2) is 5.76. The van der Waals surface area contributed by atoms with Crippen LogP contribution in [-0.4, -0.2) is 31.4 Å². The van der Waals surface area contributed by atoms with E-state index in [0.717, 1.165) is 0 Å². The zero-order valence-corrected chi connectivity index (χ0v) is 8.01. The van der Waals surface area contributed by atoms with E-state index in [9.17, 15) is 8.42 Å². The number of rotatable bonds is 6. The lowest BCUT2D eigenvalue weighted by Gasteiger charge is -2.01. The van der Waals surface area contributed by atoms with E-state index in [1.54, 1.807) is 0 Å². The first-order valence-electron chi connectivity index (χ1n) is 3.84. The van der Waals surface area contributed by atoms with Crippen molar-refractivity contribution in [3.8, 4) is 0 Å². The van der Waals surface area contributed by atoms with Crippen molar-refractivity contribution in [1.82, 2.24) is 0 Å². The monoisotopic (exact) mass is 210 g/mol. The van der Waals surface area contributed by atoms with Crippen molar-refractivity contribution < 1.29 is 17.7 Å². The molecule has 0 saturated heterocycles. The molecule has 0 heterocycles. The molecule has 7 heteroatoms. The van der Waals surface area contributed by atoms with Crippen LogP contribution < -0.4 is 5.73 Å². The van der Waals surface area contributed by atoms with E-state index in [-0.39, 0.29) is 11.8 Å². The fourth-order valence-corrected chi connectivity index (χ4v) is 1.31. The van der Waals surface area contributed by atoms with Gasteiger partial charge < -0.3 is 10.5 Å². The predicted molar refractivity (Wildman–Crippen MR) is 48.1 cm³/mol. The van der Waals surface area contributed by atoms with Crippen LogP contribution in [0.1, 0.15) is 19.3 Å². The Kier molecular flexibility index (Phi) is 5.40. The van der Waals surface area contributed by atoms with E-state index in [1.807, 2.05) is 0 Å². The number of nitrogens with two attached hydrogens (primary N) is 1. The topological polar surface area (TPSA) is 113 Å². The van der Waals surface area contributed by atoms with Crippen molar-refractivity contribution in [2.24, 2.45) is 5.73 Å². The number of ether oxygens (including phenoxy) is 1. The number of nitrogens with one attached hydrogen (secondary N) is 1. The van der Waals surface area contributed by atoms with E-state index in [0.29, 0.717) is 25.9 Å². The summed E-state index contributed by atoms with van der Waals surface area (Å²) in [7, 11) is -3.84. The Morgan fingerprint density at radius 3 is 2.46 bits per heavy atom. The van der Waals surface area contributed by atoms with Crippen LogP contribution in [0.25, 0.3) is 0 Å². The standard InChI is InChI=1S/C6H14N2O4S/c7-6(8)12-4-2-1-3-5-13(9,10)11/h1-5H2,(H3,7,8)(H,9,10,11). The maximum absolute atomic E-state index is 10.2. The summed E-state index contributed by atoms with van der Waals surface area (Å²) < 4.78 is 33.5. The molecule has 4 N–H and O–H groups in total. The molecule has 0 aliphatic carbocycles. The summed E-state index contributed by atoms with van der Waals surface area (Å²) in [5, 5.41) is 6.69. The number of unbranched alkanes of at least 4 members (excludes halogenated alkanes) is 2. The van der Waals surface area contributed by atoms with E-state index < -0.39 is 10.1 Å². The molecular weight excluding hydrogens is 196 g/mol. The summed E-state index contributed by atoms with van der Waals surface area (Å²) in [5.41, 5.74) is 4.90. The molecule has 0 aliphatic rings. The molecule has 0 aromatic rings. The van der Waals surface area contributed by atoms with Crippen molar-refractivity contribution >= 4 is 16.1 Å². The van der Waals surface area contributed by atoms with E-state index in [1.165, 1.54) is 0 Å². The van der Waals surface area contributed by atoms with E-state index in [4.69, 9.17) is 15.7 Å². The summed E-state index contributed by atoms with van der Waals surface area (Å²) >= 11 is 0. The number of hydrogen-bond donors (Lipinski definition) is 3. The zero-order chi connectivity index (χ0) is 10.3. The second-order valence-electron chi connectivity index (χ2n) is 2.56. The summed E-state index contributed by atoms with van der Waals surface area (Å²) in [6.45, 7) is 0.306. The third kappa shape index (κ3) is 11.2. The molecule has 0 radical (unpaired) electrons. The molecule has 78 valence electrons. The minimum atomic E-state index is -3.84. The fourth-order valence-electron chi connectivity index (χ4n) is 0.745. The molecule has 0 rings (SSSR count). The number of hydrogen-bond acceptors (Lipinski definition) is 4. The quantitative estimate of drug-likeness (QED) is 0.246. The van der Waals surface area contributed by atoms with Crippen LogP contribution in [0.2, 0.25) is 0 Å². The molecule has 13 heavy (non-hydrogen) atoms. The van der Waals surface area contributed by atoms with Gasteiger partial charge in [-0.2, -0.15) is 8.42 Å². The van der Waals surface area contributed by atoms with Gasteiger partial charge in [0.1, 0.15) is 0 Å². The van der Waals surface area contributed by atoms with Gasteiger partial charge >= 0.3 is 0 Å². The molecule has 6 nitrogen and oxygen atoms in total. The molecular formula is C6H14N2O4S. The van der Waals surface area contributed by atoms with Crippen LogP contribution in [0.4, 0.5) is 0 Å². The van der Waals surface area contributed by atoms with Gasteiger partial charge in [-0.15, -0.1) is 0 Å². The van der Waals surface area contributed by atoms with Gasteiger partial charge in [-0.3, -0.25) is 9.96 Å². The Hall–Kier alpha value is -0.820. The van der Waals surface area contributed by atoms with Gasteiger partial charge in [0, 0.05) is 0 Å². The highest BCUT2D eigenvalue weighted by atomic mass is 32.2. The average molecular weight is 210 g/mol. The Balaban J connectivity index is 3.23. The average Bonchev–Trinajstić information content (AvgIpc) is 1.93. The van der Waals surface area contributed by atoms with Gasteiger partial charge in [0.15, 0.2) is 0 Å². The molecule has 0 spiro atoms. The number of amidine groups is 1. The lowest BCUT2D eigenvalue weighted by Crippen LogP contribution is -2.14.